The summed E-state index contributed by atoms with van der Waals surface area (Å²) in [5.74, 6) is 2.54. The van der Waals surface area contributed by atoms with Crippen LogP contribution < -0.4 is 15.5 Å². The van der Waals surface area contributed by atoms with Gasteiger partial charge in [-0.15, -0.1) is 0 Å². The number of nitrogens with zero attached hydrogens (tertiary/aromatic N) is 3. The number of hydrogen-bond donors (Lipinski definition) is 0. The summed E-state index contributed by atoms with van der Waals surface area (Å²) < 4.78 is 11.7. The van der Waals surface area contributed by atoms with Crippen molar-refractivity contribution in [3.63, 3.8) is 0 Å². The Morgan fingerprint density at radius 3 is 2.25 bits per heavy atom. The number of ether oxygens (including phenoxy) is 1. The summed E-state index contributed by atoms with van der Waals surface area (Å²) in [7, 11) is 0. The molecule has 0 fully saturated rings. The summed E-state index contributed by atoms with van der Waals surface area (Å²) in [6.45, 7) is 12.0. The van der Waals surface area contributed by atoms with Crippen LogP contribution in [0.3, 0.4) is 0 Å². The van der Waals surface area contributed by atoms with Gasteiger partial charge in [-0.25, -0.2) is 0 Å². The monoisotopic (exact) mass is 1140 g/mol. The van der Waals surface area contributed by atoms with Crippen molar-refractivity contribution in [2.75, 3.05) is 4.90 Å². The minimum atomic E-state index is -0.167. The maximum Gasteiger partial charge on any atom is 0.127 e. The van der Waals surface area contributed by atoms with Crippen LogP contribution in [0, 0.1) is 29.1 Å². The first-order valence-electron chi connectivity index (χ1n) is 32.3. The molecule has 11 aromatic rings. The Kier molecular flexibility index (Phi) is 10.6. The number of rotatable bonds is 7. The Hall–Kier alpha value is -9.38. The van der Waals surface area contributed by atoms with Gasteiger partial charge in [0.25, 0.3) is 0 Å². The highest BCUT2D eigenvalue weighted by Gasteiger charge is 2.37. The zero-order chi connectivity index (χ0) is 58.5. The fourth-order valence-electron chi connectivity index (χ4n) is 17.1. The molecular formula is C84H69N3O. The molecule has 6 aliphatic carbocycles. The van der Waals surface area contributed by atoms with Crippen LogP contribution in [0.1, 0.15) is 93.3 Å². The molecule has 19 rings (SSSR count). The van der Waals surface area contributed by atoms with E-state index in [1.165, 1.54) is 148 Å². The van der Waals surface area contributed by atoms with Gasteiger partial charge in [-0.2, -0.15) is 0 Å². The molecular weight excluding hydrogens is 1070 g/mol. The second-order valence-electron chi connectivity index (χ2n) is 28.4. The molecule has 0 spiro atoms. The van der Waals surface area contributed by atoms with Crippen molar-refractivity contribution < 1.29 is 4.74 Å². The molecule has 8 aliphatic rings. The van der Waals surface area contributed by atoms with Gasteiger partial charge in [-0.1, -0.05) is 174 Å². The van der Waals surface area contributed by atoms with Gasteiger partial charge in [0.15, 0.2) is 0 Å². The maximum atomic E-state index is 6.40. The summed E-state index contributed by atoms with van der Waals surface area (Å²) in [6, 6.07) is 55.0. The van der Waals surface area contributed by atoms with Crippen LogP contribution in [0.2, 0.25) is 0 Å². The van der Waals surface area contributed by atoms with Crippen LogP contribution in [0.25, 0.3) is 99.9 Å². The molecule has 6 atom stereocenters. The Labute approximate surface area is 513 Å². The van der Waals surface area contributed by atoms with Crippen LogP contribution >= 0.6 is 0 Å². The first-order valence-corrected chi connectivity index (χ1v) is 32.3. The van der Waals surface area contributed by atoms with E-state index in [1.807, 2.05) is 0 Å². The molecule has 3 aromatic heterocycles. The van der Waals surface area contributed by atoms with E-state index in [2.05, 4.69) is 279 Å². The summed E-state index contributed by atoms with van der Waals surface area (Å²) in [5.41, 5.74) is 21.2. The Morgan fingerprint density at radius 1 is 0.625 bits per heavy atom. The van der Waals surface area contributed by atoms with Crippen LogP contribution in [0.5, 0.6) is 0 Å². The highest BCUT2D eigenvalue weighted by atomic mass is 16.5. The van der Waals surface area contributed by atoms with Crippen molar-refractivity contribution in [2.45, 2.75) is 84.3 Å². The third kappa shape index (κ3) is 7.50. The SMILES string of the molecule is CC(C)(Cc1cc2c3c(n4c5cc6cc(C7=CC8C9=C(C=CCC9)OC8C=C7)ccc6cc5c(c1)c24)=CC1C=CC=CC1C=3)c1ccc(N(C2=CCC(C(C)(C)C)C=C2)c2ccc3cc4c5cccc6c5n(c4cc3c2)C2Cc3ccccc3C=C62)cc1. The van der Waals surface area contributed by atoms with Crippen molar-refractivity contribution in [1.29, 1.82) is 0 Å². The normalized spacial score (nSPS) is 22.2. The lowest BCUT2D eigenvalue weighted by Crippen LogP contribution is -2.33. The van der Waals surface area contributed by atoms with Gasteiger partial charge in [-0.3, -0.25) is 0 Å². The second-order valence-corrected chi connectivity index (χ2v) is 28.4. The lowest BCUT2D eigenvalue weighted by atomic mass is 9.77. The zero-order valence-corrected chi connectivity index (χ0v) is 50.7. The van der Waals surface area contributed by atoms with Gasteiger partial charge in [0.1, 0.15) is 11.9 Å². The standard InChI is InChI=1S/C84H69N3O/c1-83(2,3)60-25-30-62(31-26-60)85(64-29-23-57-41-69-67-19-12-18-66-68-39-50-13-6-8-15-52(50)44-75(68)86(81(66)67)77(69)47-59(57)38-64)63-32-27-61(28-33-63)84(4,5)48-49-35-73-70-40-51-14-7-9-16-53(51)45-76(70)87-78-46-58-37-54(21-22-56(58)42-71(78)74(36-49)82(73)87)55-24-34-80-72(43-55)65-17-10-11-20-79(65)88-80/h6-9,11-16,18-25,27-43,45-47,51,53,60,72,75,80H,10,17,26,44,48H2,1-5H3. The average Bonchev–Trinajstić information content (AvgIpc) is 1.95. The van der Waals surface area contributed by atoms with Gasteiger partial charge in [0, 0.05) is 72.5 Å². The third-order valence-electron chi connectivity index (χ3n) is 21.7. The lowest BCUT2D eigenvalue weighted by Gasteiger charge is -2.33. The fraction of sp³-hybridized carbons (Fsp3) is 0.214. The number of allylic oxidation sites excluding steroid dienone is 12. The largest absolute Gasteiger partial charge is 0.485 e. The zero-order valence-electron chi connectivity index (χ0n) is 50.7. The molecule has 0 saturated carbocycles. The topological polar surface area (TPSA) is 21.8 Å². The number of anilines is 2. The first-order chi connectivity index (χ1) is 42.9. The van der Waals surface area contributed by atoms with Crippen LogP contribution in [0.15, 0.2) is 229 Å². The lowest BCUT2D eigenvalue weighted by molar-refractivity contribution is 0.174. The molecule has 426 valence electrons. The van der Waals surface area contributed by atoms with E-state index in [9.17, 15) is 0 Å². The Bertz CT molecular complexity index is 5370. The second kappa shape index (κ2) is 18.3. The minimum Gasteiger partial charge on any atom is -0.485 e. The highest BCUT2D eigenvalue weighted by Crippen LogP contribution is 2.52. The van der Waals surface area contributed by atoms with E-state index in [4.69, 9.17) is 4.74 Å². The third-order valence-corrected chi connectivity index (χ3v) is 21.7. The maximum absolute atomic E-state index is 6.40. The van der Waals surface area contributed by atoms with Crippen molar-refractivity contribution in [3.05, 3.63) is 273 Å². The Morgan fingerprint density at radius 2 is 1.41 bits per heavy atom. The van der Waals surface area contributed by atoms with Gasteiger partial charge in [0.2, 0.25) is 0 Å². The molecule has 4 nitrogen and oxygen atoms in total. The number of fused-ring (bicyclic) bond motifs is 18. The molecule has 2 aliphatic heterocycles. The number of benzene rings is 8. The predicted octanol–water partition coefficient (Wildman–Crippen LogP) is 19.4. The quantitative estimate of drug-likeness (QED) is 0.159. The molecule has 0 amide bonds. The van der Waals surface area contributed by atoms with Crippen molar-refractivity contribution in [3.8, 4) is 0 Å². The van der Waals surface area contributed by atoms with Crippen LogP contribution in [-0.2, 0) is 23.0 Å². The van der Waals surface area contributed by atoms with Crippen LogP contribution in [0.4, 0.5) is 11.4 Å². The van der Waals surface area contributed by atoms with E-state index >= 15 is 0 Å². The summed E-state index contributed by atoms with van der Waals surface area (Å²) in [6.07, 6.45) is 40.7. The van der Waals surface area contributed by atoms with Gasteiger partial charge >= 0.3 is 0 Å². The molecule has 0 N–H and O–H groups in total. The van der Waals surface area contributed by atoms with Crippen molar-refractivity contribution in [1.82, 2.24) is 8.97 Å². The summed E-state index contributed by atoms with van der Waals surface area (Å²) >= 11 is 0. The van der Waals surface area contributed by atoms with Gasteiger partial charge in [0.05, 0.1) is 33.5 Å². The predicted molar refractivity (Wildman–Crippen MR) is 370 cm³/mol. The van der Waals surface area contributed by atoms with Gasteiger partial charge in [-0.05, 0) is 206 Å². The minimum absolute atomic E-state index is 0.0986. The average molecular weight is 1140 g/mol. The first kappa shape index (κ1) is 50.7. The molecule has 8 aromatic carbocycles. The van der Waals surface area contributed by atoms with E-state index in [0.29, 0.717) is 23.7 Å². The van der Waals surface area contributed by atoms with Crippen LogP contribution in [-0.4, -0.2) is 15.1 Å². The summed E-state index contributed by atoms with van der Waals surface area (Å²) in [4.78, 5) is 2.51. The molecule has 88 heavy (non-hydrogen) atoms. The summed E-state index contributed by atoms with van der Waals surface area (Å²) in [5, 5.41) is 14.5. The fourth-order valence-corrected chi connectivity index (χ4v) is 17.1. The van der Waals surface area contributed by atoms with Gasteiger partial charge < -0.3 is 18.6 Å². The smallest absolute Gasteiger partial charge is 0.127 e. The molecule has 4 heteroatoms. The molecule has 0 radical (unpaired) electrons. The van der Waals surface area contributed by atoms with E-state index in [1.54, 1.807) is 0 Å². The van der Waals surface area contributed by atoms with Crippen molar-refractivity contribution >= 4 is 111 Å². The number of para-hydroxylation sites is 1. The molecule has 0 saturated heterocycles. The van der Waals surface area contributed by atoms with E-state index in [-0.39, 0.29) is 23.0 Å². The molecule has 6 unspecified atom stereocenters. The van der Waals surface area contributed by atoms with Crippen molar-refractivity contribution in [2.24, 2.45) is 29.1 Å². The number of aromatic nitrogens is 2. The number of hydrogen-bond acceptors (Lipinski definition) is 2. The molecule has 0 bridgehead atoms. The highest BCUT2D eigenvalue weighted by molar-refractivity contribution is 6.20. The molecule has 5 heterocycles. The Balaban J connectivity index is 0.690. The van der Waals surface area contributed by atoms with E-state index < -0.39 is 0 Å². The van der Waals surface area contributed by atoms with E-state index in [0.717, 1.165) is 37.9 Å².